The number of amides is 2. The van der Waals surface area contributed by atoms with Gasteiger partial charge in [0.2, 0.25) is 5.91 Å². The Morgan fingerprint density at radius 3 is 2.32 bits per heavy atom. The second-order valence-corrected chi connectivity index (χ2v) is 7.27. The second kappa shape index (κ2) is 8.00. The topological polar surface area (TPSA) is 43.9 Å². The Hall–Kier alpha value is -1.88. The number of nitrogens with zero attached hydrogens (tertiary/aromatic N) is 3. The fourth-order valence-electron chi connectivity index (χ4n) is 3.71. The predicted octanol–water partition coefficient (Wildman–Crippen LogP) is 1.88. The Bertz CT molecular complexity index is 606. The van der Waals surface area contributed by atoms with Gasteiger partial charge in [-0.1, -0.05) is 19.1 Å². The molecule has 5 nitrogen and oxygen atoms in total. The molecule has 1 aromatic rings. The van der Waals surface area contributed by atoms with Gasteiger partial charge in [0.15, 0.2) is 0 Å². The van der Waals surface area contributed by atoms with Crippen molar-refractivity contribution >= 4 is 11.8 Å². The normalized spacial score (nSPS) is 22.1. The minimum Gasteiger partial charge on any atom is -0.340 e. The van der Waals surface area contributed by atoms with Crippen molar-refractivity contribution in [3.8, 4) is 0 Å². The summed E-state index contributed by atoms with van der Waals surface area (Å²) in [7, 11) is 2.09. The number of hydrogen-bond donors (Lipinski definition) is 0. The quantitative estimate of drug-likeness (QED) is 0.842. The number of aryl methyl sites for hydroxylation is 1. The number of piperidine rings is 1. The smallest absolute Gasteiger partial charge is 0.253 e. The molecular weight excluding hydrogens is 314 g/mol. The number of rotatable bonds is 3. The number of benzene rings is 1. The summed E-state index contributed by atoms with van der Waals surface area (Å²) in [5, 5.41) is 0. The fourth-order valence-corrected chi connectivity index (χ4v) is 3.71. The molecule has 0 aliphatic carbocycles. The summed E-state index contributed by atoms with van der Waals surface area (Å²) in [4.78, 5) is 31.7. The van der Waals surface area contributed by atoms with Crippen LogP contribution in [0.3, 0.4) is 0 Å². The molecule has 0 bridgehead atoms. The average Bonchev–Trinajstić information content (AvgIpc) is 2.67. The van der Waals surface area contributed by atoms with Crippen LogP contribution in [0.25, 0.3) is 0 Å². The molecule has 0 spiro atoms. The van der Waals surface area contributed by atoms with Crippen LogP contribution in [-0.4, -0.2) is 72.8 Å². The minimum atomic E-state index is -0.0454. The molecule has 0 saturated carbocycles. The van der Waals surface area contributed by atoms with Crippen LogP contribution < -0.4 is 0 Å². The SMILES string of the molecule is CCc1ccc(C(=O)N2CCCC(C(=O)N3CCN(C)CC3)C2)cc1. The molecule has 1 unspecified atom stereocenters. The number of carbonyl (C=O) groups excluding carboxylic acids is 2. The molecule has 1 atom stereocenters. The molecule has 2 heterocycles. The Morgan fingerprint density at radius 2 is 1.68 bits per heavy atom. The van der Waals surface area contributed by atoms with Crippen LogP contribution in [0.1, 0.15) is 35.7 Å². The highest BCUT2D eigenvalue weighted by molar-refractivity contribution is 5.94. The Morgan fingerprint density at radius 1 is 1.00 bits per heavy atom. The second-order valence-electron chi connectivity index (χ2n) is 7.27. The number of hydrogen-bond acceptors (Lipinski definition) is 3. The molecule has 2 fully saturated rings. The van der Waals surface area contributed by atoms with E-state index in [4.69, 9.17) is 0 Å². The molecule has 5 heteroatoms. The molecule has 2 aliphatic heterocycles. The summed E-state index contributed by atoms with van der Waals surface area (Å²) >= 11 is 0. The molecule has 1 aromatic carbocycles. The highest BCUT2D eigenvalue weighted by Gasteiger charge is 2.32. The van der Waals surface area contributed by atoms with Crippen LogP contribution in [0.15, 0.2) is 24.3 Å². The first kappa shape index (κ1) is 17.9. The predicted molar refractivity (Wildman–Crippen MR) is 98.5 cm³/mol. The van der Waals surface area contributed by atoms with E-state index in [0.29, 0.717) is 6.54 Å². The maximum absolute atomic E-state index is 12.8. The molecule has 2 amide bonds. The number of likely N-dealkylation sites (N-methyl/N-ethyl adjacent to an activating group) is 1. The molecule has 0 radical (unpaired) electrons. The molecule has 2 saturated heterocycles. The largest absolute Gasteiger partial charge is 0.340 e. The van der Waals surface area contributed by atoms with Crippen molar-refractivity contribution in [1.29, 1.82) is 0 Å². The highest BCUT2D eigenvalue weighted by atomic mass is 16.2. The van der Waals surface area contributed by atoms with Crippen molar-refractivity contribution in [3.05, 3.63) is 35.4 Å². The zero-order valence-corrected chi connectivity index (χ0v) is 15.4. The van der Waals surface area contributed by atoms with Crippen molar-refractivity contribution in [3.63, 3.8) is 0 Å². The molecule has 25 heavy (non-hydrogen) atoms. The van der Waals surface area contributed by atoms with E-state index < -0.39 is 0 Å². The van der Waals surface area contributed by atoms with Gasteiger partial charge in [-0.2, -0.15) is 0 Å². The third-order valence-corrected chi connectivity index (χ3v) is 5.48. The van der Waals surface area contributed by atoms with Crippen LogP contribution in [-0.2, 0) is 11.2 Å². The van der Waals surface area contributed by atoms with Gasteiger partial charge in [0.05, 0.1) is 5.92 Å². The van der Waals surface area contributed by atoms with E-state index >= 15 is 0 Å². The monoisotopic (exact) mass is 343 g/mol. The van der Waals surface area contributed by atoms with Crippen molar-refractivity contribution in [2.75, 3.05) is 46.3 Å². The fraction of sp³-hybridized carbons (Fsp3) is 0.600. The van der Waals surface area contributed by atoms with Gasteiger partial charge in [0.25, 0.3) is 5.91 Å². The van der Waals surface area contributed by atoms with Gasteiger partial charge in [-0.25, -0.2) is 0 Å². The first-order valence-corrected chi connectivity index (χ1v) is 9.44. The van der Waals surface area contributed by atoms with Gasteiger partial charge in [0, 0.05) is 44.8 Å². The van der Waals surface area contributed by atoms with E-state index in [1.54, 1.807) is 0 Å². The molecule has 2 aliphatic rings. The van der Waals surface area contributed by atoms with Gasteiger partial charge < -0.3 is 14.7 Å². The summed E-state index contributed by atoms with van der Waals surface area (Å²) in [6, 6.07) is 7.86. The average molecular weight is 343 g/mol. The lowest BCUT2D eigenvalue weighted by Gasteiger charge is -2.38. The van der Waals surface area contributed by atoms with E-state index in [-0.39, 0.29) is 17.7 Å². The van der Waals surface area contributed by atoms with Crippen LogP contribution in [0.2, 0.25) is 0 Å². The van der Waals surface area contributed by atoms with E-state index in [2.05, 4.69) is 18.9 Å². The van der Waals surface area contributed by atoms with E-state index in [1.807, 2.05) is 34.1 Å². The zero-order valence-electron chi connectivity index (χ0n) is 15.4. The van der Waals surface area contributed by atoms with Crippen molar-refractivity contribution in [1.82, 2.24) is 14.7 Å². The van der Waals surface area contributed by atoms with E-state index in [1.165, 1.54) is 5.56 Å². The van der Waals surface area contributed by atoms with Gasteiger partial charge in [-0.15, -0.1) is 0 Å². The third-order valence-electron chi connectivity index (χ3n) is 5.48. The first-order chi connectivity index (χ1) is 12.1. The molecule has 0 aromatic heterocycles. The lowest BCUT2D eigenvalue weighted by Crippen LogP contribution is -2.52. The molecule has 136 valence electrons. The third kappa shape index (κ3) is 4.21. The van der Waals surface area contributed by atoms with Crippen molar-refractivity contribution in [2.24, 2.45) is 5.92 Å². The molecule has 0 N–H and O–H groups in total. The zero-order chi connectivity index (χ0) is 17.8. The van der Waals surface area contributed by atoms with Gasteiger partial charge in [-0.05, 0) is 44.0 Å². The van der Waals surface area contributed by atoms with E-state index in [0.717, 1.165) is 57.5 Å². The molecule has 3 rings (SSSR count). The Balaban J connectivity index is 1.61. The van der Waals surface area contributed by atoms with Crippen LogP contribution in [0, 0.1) is 5.92 Å². The number of carbonyl (C=O) groups is 2. The number of piperazine rings is 1. The number of likely N-dealkylation sites (tertiary alicyclic amines) is 1. The van der Waals surface area contributed by atoms with Gasteiger partial charge in [-0.3, -0.25) is 9.59 Å². The lowest BCUT2D eigenvalue weighted by atomic mass is 9.95. The standard InChI is InChI=1S/C20H29N3O2/c1-3-16-6-8-17(9-7-16)19(24)23-10-4-5-18(15-23)20(25)22-13-11-21(2)12-14-22/h6-9,18H,3-5,10-15H2,1-2H3. The van der Waals surface area contributed by atoms with Crippen LogP contribution in [0.5, 0.6) is 0 Å². The summed E-state index contributed by atoms with van der Waals surface area (Å²) in [6.07, 6.45) is 2.77. The summed E-state index contributed by atoms with van der Waals surface area (Å²) in [6.45, 7) is 6.89. The highest BCUT2D eigenvalue weighted by Crippen LogP contribution is 2.21. The summed E-state index contributed by atoms with van der Waals surface area (Å²) < 4.78 is 0. The lowest BCUT2D eigenvalue weighted by molar-refractivity contribution is -0.138. The summed E-state index contributed by atoms with van der Waals surface area (Å²) in [5.41, 5.74) is 1.96. The van der Waals surface area contributed by atoms with E-state index in [9.17, 15) is 9.59 Å². The molecular formula is C20H29N3O2. The Kier molecular flexibility index (Phi) is 5.74. The maximum atomic E-state index is 12.8. The van der Waals surface area contributed by atoms with Gasteiger partial charge >= 0.3 is 0 Å². The van der Waals surface area contributed by atoms with Crippen LogP contribution >= 0.6 is 0 Å². The van der Waals surface area contributed by atoms with Crippen molar-refractivity contribution in [2.45, 2.75) is 26.2 Å². The summed E-state index contributed by atoms with van der Waals surface area (Å²) in [5.74, 6) is 0.237. The maximum Gasteiger partial charge on any atom is 0.253 e. The first-order valence-electron chi connectivity index (χ1n) is 9.44. The van der Waals surface area contributed by atoms with Gasteiger partial charge in [0.1, 0.15) is 0 Å². The minimum absolute atomic E-state index is 0.0454. The van der Waals surface area contributed by atoms with Crippen LogP contribution in [0.4, 0.5) is 0 Å². The Labute approximate surface area is 150 Å². The van der Waals surface area contributed by atoms with Crippen molar-refractivity contribution < 1.29 is 9.59 Å².